The Balaban J connectivity index is 1.15. The second-order valence-corrected chi connectivity index (χ2v) is 13.5. The monoisotopic (exact) mass is 659 g/mol. The first-order chi connectivity index (χ1) is 24.3. The van der Waals surface area contributed by atoms with Gasteiger partial charge < -0.3 is 10.0 Å². The fraction of sp³-hybridized carbons (Fsp3) is 0.146. The molecule has 0 fully saturated rings. The van der Waals surface area contributed by atoms with Crippen LogP contribution in [0.3, 0.4) is 0 Å². The lowest BCUT2D eigenvalue weighted by Gasteiger charge is -2.44. The minimum atomic E-state index is -1.52. The van der Waals surface area contributed by atoms with Gasteiger partial charge in [0.25, 0.3) is 29.5 Å². The van der Waals surface area contributed by atoms with E-state index < -0.39 is 35.7 Å². The SMILES string of the molecule is O=C1c2cccc3cccc(c23)CN1CC(CO)(CN1C(=O)c2cccc3cccc(c23)C1=O)CN1C(=O)c2cccc3cccc(c23)C1=O. The van der Waals surface area contributed by atoms with Gasteiger partial charge in [0.1, 0.15) is 0 Å². The lowest BCUT2D eigenvalue weighted by Crippen LogP contribution is -2.59. The first-order valence-electron chi connectivity index (χ1n) is 16.5. The largest absolute Gasteiger partial charge is 0.396 e. The molecule has 0 saturated carbocycles. The molecule has 0 unspecified atom stereocenters. The summed E-state index contributed by atoms with van der Waals surface area (Å²) in [5.74, 6) is -2.50. The summed E-state index contributed by atoms with van der Waals surface area (Å²) < 4.78 is 0. The Kier molecular flexibility index (Phi) is 6.53. The van der Waals surface area contributed by atoms with Gasteiger partial charge in [-0.15, -0.1) is 0 Å². The van der Waals surface area contributed by atoms with Gasteiger partial charge in [-0.05, 0) is 57.4 Å². The topological polar surface area (TPSA) is 115 Å². The molecule has 244 valence electrons. The molecule has 0 aliphatic carbocycles. The maximum absolute atomic E-state index is 14.2. The van der Waals surface area contributed by atoms with Crippen LogP contribution in [0.15, 0.2) is 109 Å². The van der Waals surface area contributed by atoms with Crippen molar-refractivity contribution in [1.82, 2.24) is 14.7 Å². The van der Waals surface area contributed by atoms with Crippen molar-refractivity contribution in [3.05, 3.63) is 143 Å². The molecule has 3 aliphatic rings. The van der Waals surface area contributed by atoms with Crippen molar-refractivity contribution < 1.29 is 29.1 Å². The number of rotatable bonds is 7. The Hall–Kier alpha value is -6.19. The van der Waals surface area contributed by atoms with Crippen LogP contribution in [0.2, 0.25) is 0 Å². The molecule has 0 spiro atoms. The predicted octanol–water partition coefficient (Wildman–Crippen LogP) is 5.67. The minimum absolute atomic E-state index is 0.154. The molecule has 9 heteroatoms. The summed E-state index contributed by atoms with van der Waals surface area (Å²) in [5, 5.41) is 15.8. The molecule has 50 heavy (non-hydrogen) atoms. The zero-order valence-electron chi connectivity index (χ0n) is 26.8. The van der Waals surface area contributed by atoms with Gasteiger partial charge >= 0.3 is 0 Å². The van der Waals surface area contributed by atoms with Gasteiger partial charge in [-0.2, -0.15) is 0 Å². The molecule has 0 bridgehead atoms. The molecule has 3 aliphatic heterocycles. The van der Waals surface area contributed by atoms with E-state index in [0.29, 0.717) is 38.6 Å². The summed E-state index contributed by atoms with van der Waals surface area (Å²) in [5.41, 5.74) is 1.23. The lowest BCUT2D eigenvalue weighted by molar-refractivity contribution is 0.0108. The zero-order chi connectivity index (χ0) is 34.3. The molecule has 0 saturated heterocycles. The normalized spacial score (nSPS) is 15.6. The standard InChI is InChI=1S/C41H29N3O6/c45-23-41(20-42-19-27-13-1-7-24-8-2-14-28(33(24)27)36(42)46,21-43-37(47)29-15-3-9-25-10-4-16-30(34(25)29)38(43)48)22-44-39(49)31-17-5-11-26-12-6-18-32(35(26)31)40(44)50/h1-18,45H,19-23H2. The third kappa shape index (κ3) is 4.26. The maximum atomic E-state index is 14.2. The van der Waals surface area contributed by atoms with Crippen molar-refractivity contribution in [2.24, 2.45) is 5.41 Å². The van der Waals surface area contributed by atoms with E-state index in [-0.39, 0.29) is 32.1 Å². The van der Waals surface area contributed by atoms with Gasteiger partial charge in [-0.3, -0.25) is 33.8 Å². The van der Waals surface area contributed by atoms with Crippen LogP contribution in [0, 0.1) is 5.41 Å². The molecule has 1 N–H and O–H groups in total. The fourth-order valence-corrected chi connectivity index (χ4v) is 8.13. The molecule has 9 rings (SSSR count). The molecule has 0 radical (unpaired) electrons. The highest BCUT2D eigenvalue weighted by Gasteiger charge is 2.46. The maximum Gasteiger partial charge on any atom is 0.261 e. The number of carbonyl (C=O) groups excluding carboxylic acids is 5. The average molecular weight is 660 g/mol. The zero-order valence-corrected chi connectivity index (χ0v) is 26.8. The van der Waals surface area contributed by atoms with Crippen LogP contribution in [0.1, 0.15) is 57.4 Å². The molecule has 6 aromatic carbocycles. The van der Waals surface area contributed by atoms with Crippen LogP contribution < -0.4 is 0 Å². The molecule has 3 heterocycles. The second-order valence-electron chi connectivity index (χ2n) is 13.5. The predicted molar refractivity (Wildman–Crippen MR) is 187 cm³/mol. The van der Waals surface area contributed by atoms with E-state index in [1.807, 2.05) is 54.6 Å². The van der Waals surface area contributed by atoms with E-state index in [1.54, 1.807) is 59.5 Å². The molecule has 0 aromatic heterocycles. The smallest absolute Gasteiger partial charge is 0.261 e. The highest BCUT2D eigenvalue weighted by atomic mass is 16.3. The molecular formula is C41H29N3O6. The third-order valence-electron chi connectivity index (χ3n) is 10.4. The van der Waals surface area contributed by atoms with E-state index in [2.05, 4.69) is 0 Å². The number of benzene rings is 6. The highest BCUT2D eigenvalue weighted by molar-refractivity contribution is 6.26. The second kappa shape index (κ2) is 10.9. The number of hydrogen-bond donors (Lipinski definition) is 1. The van der Waals surface area contributed by atoms with Crippen molar-refractivity contribution in [2.45, 2.75) is 6.54 Å². The van der Waals surface area contributed by atoms with Crippen LogP contribution in [-0.2, 0) is 6.54 Å². The van der Waals surface area contributed by atoms with Crippen LogP contribution in [0.4, 0.5) is 0 Å². The van der Waals surface area contributed by atoms with Gasteiger partial charge in [-0.1, -0.05) is 78.9 Å². The quantitative estimate of drug-likeness (QED) is 0.221. The number of nitrogens with zero attached hydrogens (tertiary/aromatic N) is 3. The van der Waals surface area contributed by atoms with Crippen LogP contribution in [0.25, 0.3) is 32.3 Å². The van der Waals surface area contributed by atoms with E-state index in [9.17, 15) is 29.1 Å². The van der Waals surface area contributed by atoms with Crippen molar-refractivity contribution >= 4 is 61.9 Å². The van der Waals surface area contributed by atoms with Crippen molar-refractivity contribution in [1.29, 1.82) is 0 Å². The summed E-state index contributed by atoms with van der Waals surface area (Å²) in [6.45, 7) is -1.31. The first kappa shape index (κ1) is 29.9. The van der Waals surface area contributed by atoms with E-state index in [4.69, 9.17) is 0 Å². The van der Waals surface area contributed by atoms with Crippen molar-refractivity contribution in [2.75, 3.05) is 26.2 Å². The Morgan fingerprint density at radius 1 is 0.460 bits per heavy atom. The average Bonchev–Trinajstić information content (AvgIpc) is 3.14. The molecule has 9 nitrogen and oxygen atoms in total. The molecule has 6 aromatic rings. The Morgan fingerprint density at radius 3 is 1.22 bits per heavy atom. The fourth-order valence-electron chi connectivity index (χ4n) is 8.13. The van der Waals surface area contributed by atoms with Crippen molar-refractivity contribution in [3.63, 3.8) is 0 Å². The highest BCUT2D eigenvalue weighted by Crippen LogP contribution is 2.37. The van der Waals surface area contributed by atoms with Gasteiger partial charge in [0.2, 0.25) is 0 Å². The minimum Gasteiger partial charge on any atom is -0.396 e. The third-order valence-corrected chi connectivity index (χ3v) is 10.4. The number of amides is 5. The molecule has 5 amide bonds. The van der Waals surface area contributed by atoms with Crippen LogP contribution in [0.5, 0.6) is 0 Å². The van der Waals surface area contributed by atoms with Crippen molar-refractivity contribution in [3.8, 4) is 0 Å². The number of aliphatic hydroxyl groups excluding tert-OH is 1. The molecule has 0 atom stereocenters. The summed E-state index contributed by atoms with van der Waals surface area (Å²) in [6.07, 6.45) is 0. The van der Waals surface area contributed by atoms with Gasteiger partial charge in [0.05, 0.1) is 6.61 Å². The van der Waals surface area contributed by atoms with Crippen LogP contribution in [-0.4, -0.2) is 75.6 Å². The Morgan fingerprint density at radius 2 is 0.820 bits per heavy atom. The van der Waals surface area contributed by atoms with Crippen LogP contribution >= 0.6 is 0 Å². The van der Waals surface area contributed by atoms with Gasteiger partial charge in [-0.25, -0.2) is 0 Å². The number of imide groups is 2. The lowest BCUT2D eigenvalue weighted by atomic mass is 9.82. The Bertz CT molecular complexity index is 2300. The number of hydrogen-bond acceptors (Lipinski definition) is 6. The summed E-state index contributed by atoms with van der Waals surface area (Å²) in [6, 6.07) is 32.3. The molecular weight excluding hydrogens is 630 g/mol. The summed E-state index contributed by atoms with van der Waals surface area (Å²) in [4.78, 5) is 74.6. The first-order valence-corrected chi connectivity index (χ1v) is 16.5. The summed E-state index contributed by atoms with van der Waals surface area (Å²) >= 11 is 0. The van der Waals surface area contributed by atoms with E-state index in [0.717, 1.165) is 36.9 Å². The number of carbonyl (C=O) groups is 5. The van der Waals surface area contributed by atoms with E-state index in [1.165, 1.54) is 0 Å². The van der Waals surface area contributed by atoms with Gasteiger partial charge in [0.15, 0.2) is 0 Å². The van der Waals surface area contributed by atoms with E-state index >= 15 is 0 Å². The van der Waals surface area contributed by atoms with Gasteiger partial charge in [0, 0.05) is 70.2 Å². The number of aliphatic hydroxyl groups is 1. The Labute approximate surface area is 285 Å². The summed E-state index contributed by atoms with van der Waals surface area (Å²) in [7, 11) is 0.